The Morgan fingerprint density at radius 2 is 0.468 bits per heavy atom. The van der Waals surface area contributed by atoms with Crippen LogP contribution >= 0.6 is 0 Å². The van der Waals surface area contributed by atoms with Crippen LogP contribution < -0.4 is 5.32 Å². The zero-order chi connectivity index (χ0) is 33.8. The second kappa shape index (κ2) is 45.6. The number of rotatable bonds is 44. The maximum Gasteiger partial charge on any atom is 0.0701 e. The zero-order valence-electron chi connectivity index (χ0n) is 30.6. The molecule has 0 rings (SSSR count). The Morgan fingerprint density at radius 1 is 0.255 bits per heavy atom. The van der Waals surface area contributed by atoms with Gasteiger partial charge in [-0.1, -0.05) is 84.0 Å². The zero-order valence-corrected chi connectivity index (χ0v) is 30.6. The van der Waals surface area contributed by atoms with Crippen LogP contribution in [-0.2, 0) is 47.4 Å². The summed E-state index contributed by atoms with van der Waals surface area (Å²) in [5.74, 6) is 0. The summed E-state index contributed by atoms with van der Waals surface area (Å²) in [6.07, 6.45) is 17.8. The number of unbranched alkanes of at least 4 members (excludes halogenated alkanes) is 12. The van der Waals surface area contributed by atoms with Crippen LogP contribution in [0.5, 0.6) is 0 Å². The molecule has 0 aliphatic carbocycles. The van der Waals surface area contributed by atoms with E-state index in [0.717, 1.165) is 19.6 Å². The molecule has 0 aromatic carbocycles. The molecular formula is C36H75NO10. The van der Waals surface area contributed by atoms with Crippen molar-refractivity contribution < 1.29 is 47.4 Å². The first kappa shape index (κ1) is 46.6. The maximum absolute atomic E-state index is 5.67. The summed E-state index contributed by atoms with van der Waals surface area (Å²) in [6, 6.07) is 0. The molecule has 0 amide bonds. The van der Waals surface area contributed by atoms with Gasteiger partial charge in [0.15, 0.2) is 0 Å². The molecule has 11 heteroatoms. The molecular weight excluding hydrogens is 606 g/mol. The third-order valence-electron chi connectivity index (χ3n) is 7.24. The van der Waals surface area contributed by atoms with Crippen LogP contribution in [0.3, 0.4) is 0 Å². The smallest absolute Gasteiger partial charge is 0.0701 e. The van der Waals surface area contributed by atoms with Crippen molar-refractivity contribution in [2.24, 2.45) is 0 Å². The Morgan fingerprint density at radius 3 is 0.723 bits per heavy atom. The minimum atomic E-state index is 0.531. The SMILES string of the molecule is CCCCCCCCCCCCCCCOCCOCCOCCOCCOCCOCCOCCOCCOCCOCCNC. The minimum absolute atomic E-state index is 0.531. The summed E-state index contributed by atoms with van der Waals surface area (Å²) in [6.45, 7) is 14.7. The van der Waals surface area contributed by atoms with Crippen LogP contribution in [0.2, 0.25) is 0 Å². The summed E-state index contributed by atoms with van der Waals surface area (Å²) in [5, 5.41) is 3.03. The van der Waals surface area contributed by atoms with Gasteiger partial charge in [0.25, 0.3) is 0 Å². The highest BCUT2D eigenvalue weighted by Crippen LogP contribution is 2.12. The molecule has 0 aliphatic rings. The van der Waals surface area contributed by atoms with Crippen molar-refractivity contribution in [3.8, 4) is 0 Å². The van der Waals surface area contributed by atoms with Gasteiger partial charge in [-0.25, -0.2) is 0 Å². The van der Waals surface area contributed by atoms with Crippen molar-refractivity contribution in [2.45, 2.75) is 90.4 Å². The highest BCUT2D eigenvalue weighted by atomic mass is 16.6. The van der Waals surface area contributed by atoms with Crippen LogP contribution in [0, 0.1) is 0 Å². The first-order valence-electron chi connectivity index (χ1n) is 18.8. The summed E-state index contributed by atoms with van der Waals surface area (Å²) in [4.78, 5) is 0. The molecule has 11 nitrogen and oxygen atoms in total. The molecule has 0 atom stereocenters. The fraction of sp³-hybridized carbons (Fsp3) is 1.00. The van der Waals surface area contributed by atoms with Crippen LogP contribution in [0.25, 0.3) is 0 Å². The van der Waals surface area contributed by atoms with Gasteiger partial charge in [-0.05, 0) is 13.5 Å². The first-order valence-corrected chi connectivity index (χ1v) is 18.8. The van der Waals surface area contributed by atoms with Crippen molar-refractivity contribution in [1.29, 1.82) is 0 Å². The average molecular weight is 682 g/mol. The van der Waals surface area contributed by atoms with E-state index in [-0.39, 0.29) is 0 Å². The second-order valence-electron chi connectivity index (χ2n) is 11.5. The summed E-state index contributed by atoms with van der Waals surface area (Å²) < 4.78 is 55.0. The van der Waals surface area contributed by atoms with E-state index in [1.54, 1.807) is 0 Å². The third kappa shape index (κ3) is 45.6. The van der Waals surface area contributed by atoms with E-state index in [2.05, 4.69) is 12.2 Å². The number of nitrogens with one attached hydrogen (secondary N) is 1. The van der Waals surface area contributed by atoms with E-state index in [0.29, 0.717) is 126 Å². The number of ether oxygens (including phenoxy) is 10. The van der Waals surface area contributed by atoms with Gasteiger partial charge in [0.1, 0.15) is 0 Å². The molecule has 47 heavy (non-hydrogen) atoms. The topological polar surface area (TPSA) is 104 Å². The number of hydrogen-bond donors (Lipinski definition) is 1. The largest absolute Gasteiger partial charge is 0.379 e. The molecule has 0 aromatic rings. The molecule has 0 saturated carbocycles. The monoisotopic (exact) mass is 682 g/mol. The van der Waals surface area contributed by atoms with Crippen molar-refractivity contribution in [3.05, 3.63) is 0 Å². The van der Waals surface area contributed by atoms with Gasteiger partial charge in [-0.2, -0.15) is 0 Å². The maximum atomic E-state index is 5.67. The predicted molar refractivity (Wildman–Crippen MR) is 188 cm³/mol. The Kier molecular flexibility index (Phi) is 45.1. The molecule has 0 fully saturated rings. The van der Waals surface area contributed by atoms with Gasteiger partial charge in [0.05, 0.1) is 126 Å². The summed E-state index contributed by atoms with van der Waals surface area (Å²) in [5.41, 5.74) is 0. The highest BCUT2D eigenvalue weighted by molar-refractivity contribution is 4.49. The van der Waals surface area contributed by atoms with E-state index in [1.165, 1.54) is 77.0 Å². The van der Waals surface area contributed by atoms with Crippen molar-refractivity contribution in [1.82, 2.24) is 5.32 Å². The van der Waals surface area contributed by atoms with Gasteiger partial charge in [-0.3, -0.25) is 0 Å². The third-order valence-corrected chi connectivity index (χ3v) is 7.24. The van der Waals surface area contributed by atoms with Gasteiger partial charge in [0, 0.05) is 13.2 Å². The Bertz CT molecular complexity index is 492. The van der Waals surface area contributed by atoms with Crippen LogP contribution in [-0.4, -0.2) is 146 Å². The van der Waals surface area contributed by atoms with E-state index in [4.69, 9.17) is 47.4 Å². The Labute approximate surface area is 288 Å². The second-order valence-corrected chi connectivity index (χ2v) is 11.5. The molecule has 0 spiro atoms. The lowest BCUT2D eigenvalue weighted by molar-refractivity contribution is -0.0264. The molecule has 0 bridgehead atoms. The van der Waals surface area contributed by atoms with Crippen molar-refractivity contribution in [3.63, 3.8) is 0 Å². The normalized spacial score (nSPS) is 11.6. The van der Waals surface area contributed by atoms with E-state index >= 15 is 0 Å². The quantitative estimate of drug-likeness (QED) is 0.0829. The van der Waals surface area contributed by atoms with E-state index in [9.17, 15) is 0 Å². The first-order chi connectivity index (χ1) is 23.4. The van der Waals surface area contributed by atoms with Gasteiger partial charge in [0.2, 0.25) is 0 Å². The molecule has 284 valence electrons. The summed E-state index contributed by atoms with van der Waals surface area (Å²) in [7, 11) is 1.90. The van der Waals surface area contributed by atoms with Gasteiger partial charge < -0.3 is 52.7 Å². The predicted octanol–water partition coefficient (Wildman–Crippen LogP) is 5.46. The Hall–Kier alpha value is -0.440. The summed E-state index contributed by atoms with van der Waals surface area (Å²) >= 11 is 0. The molecule has 0 radical (unpaired) electrons. The van der Waals surface area contributed by atoms with Gasteiger partial charge >= 0.3 is 0 Å². The lowest BCUT2D eigenvalue weighted by Crippen LogP contribution is -2.17. The van der Waals surface area contributed by atoms with Crippen molar-refractivity contribution >= 4 is 0 Å². The standard InChI is InChI=1S/C36H75NO10/c1-3-4-5-6-7-8-9-10-11-12-13-14-15-17-38-19-21-40-23-25-42-27-29-44-31-33-46-35-36-47-34-32-45-30-28-43-26-24-41-22-20-39-18-16-37-2/h37H,3-36H2,1-2H3. The van der Waals surface area contributed by atoms with E-state index < -0.39 is 0 Å². The molecule has 0 aliphatic heterocycles. The fourth-order valence-corrected chi connectivity index (χ4v) is 4.48. The van der Waals surface area contributed by atoms with Gasteiger partial charge in [-0.15, -0.1) is 0 Å². The van der Waals surface area contributed by atoms with Crippen molar-refractivity contribution in [2.75, 3.05) is 146 Å². The molecule has 1 N–H and O–H groups in total. The molecule has 0 aromatic heterocycles. The molecule has 0 saturated heterocycles. The average Bonchev–Trinajstić information content (AvgIpc) is 3.08. The molecule has 0 unspecified atom stereocenters. The molecule has 0 heterocycles. The van der Waals surface area contributed by atoms with Crippen LogP contribution in [0.15, 0.2) is 0 Å². The highest BCUT2D eigenvalue weighted by Gasteiger charge is 1.97. The lowest BCUT2D eigenvalue weighted by Gasteiger charge is -2.09. The van der Waals surface area contributed by atoms with E-state index in [1.807, 2.05) is 7.05 Å². The lowest BCUT2D eigenvalue weighted by atomic mass is 10.0. The number of likely N-dealkylation sites (N-methyl/N-ethyl adjacent to an activating group) is 1. The Balaban J connectivity index is 3.03. The number of hydrogen-bond acceptors (Lipinski definition) is 11. The fourth-order valence-electron chi connectivity index (χ4n) is 4.48. The van der Waals surface area contributed by atoms with Crippen LogP contribution in [0.1, 0.15) is 90.4 Å². The van der Waals surface area contributed by atoms with Crippen LogP contribution in [0.4, 0.5) is 0 Å². The minimum Gasteiger partial charge on any atom is -0.379 e.